The summed E-state index contributed by atoms with van der Waals surface area (Å²) in [5.41, 5.74) is 0. The van der Waals surface area contributed by atoms with Gasteiger partial charge in [-0.15, -0.1) is 11.3 Å². The number of carboxylic acids is 1. The van der Waals surface area contributed by atoms with Crippen LogP contribution >= 0.6 is 27.3 Å². The van der Waals surface area contributed by atoms with Gasteiger partial charge in [-0.05, 0) is 54.9 Å². The minimum absolute atomic E-state index is 0.467. The van der Waals surface area contributed by atoms with Crippen LogP contribution < -0.4 is 0 Å². The summed E-state index contributed by atoms with van der Waals surface area (Å²) < 4.78 is 1.01. The van der Waals surface area contributed by atoms with Gasteiger partial charge in [-0.3, -0.25) is 9.69 Å². The molecule has 0 bridgehead atoms. The van der Waals surface area contributed by atoms with Gasteiger partial charge in [0.2, 0.25) is 0 Å². The molecule has 1 aliphatic rings. The van der Waals surface area contributed by atoms with Crippen LogP contribution in [0, 0.1) is 6.92 Å². The number of aliphatic carboxylic acids is 1. The lowest BCUT2D eigenvalue weighted by molar-refractivity contribution is -0.143. The molecule has 2 heterocycles. The zero-order chi connectivity index (χ0) is 12.4. The van der Waals surface area contributed by atoms with E-state index in [4.69, 9.17) is 0 Å². The fraction of sp³-hybridized carbons (Fsp3) is 0.583. The molecule has 1 N–H and O–H groups in total. The second-order valence-electron chi connectivity index (χ2n) is 4.39. The van der Waals surface area contributed by atoms with Crippen molar-refractivity contribution in [1.82, 2.24) is 4.90 Å². The van der Waals surface area contributed by atoms with Gasteiger partial charge in [0.25, 0.3) is 0 Å². The third kappa shape index (κ3) is 2.89. The summed E-state index contributed by atoms with van der Waals surface area (Å²) in [7, 11) is 0. The predicted octanol–water partition coefficient (Wildman–Crippen LogP) is 3.43. The van der Waals surface area contributed by atoms with Crippen molar-refractivity contribution < 1.29 is 9.90 Å². The smallest absolute Gasteiger partial charge is 0.326 e. The Kier molecular flexibility index (Phi) is 4.22. The molecule has 1 aromatic rings. The SMILES string of the molecule is Cc1sc(C(C(=O)O)N2CCCCC2)cc1Br. The summed E-state index contributed by atoms with van der Waals surface area (Å²) in [6, 6.07) is 1.48. The normalized spacial score (nSPS) is 19.2. The van der Waals surface area contributed by atoms with E-state index >= 15 is 0 Å². The Bertz CT molecular complexity index is 393. The summed E-state index contributed by atoms with van der Waals surface area (Å²) in [6.45, 7) is 3.80. The van der Waals surface area contributed by atoms with Crippen molar-refractivity contribution in [2.24, 2.45) is 0 Å². The molecule has 3 nitrogen and oxygen atoms in total. The van der Waals surface area contributed by atoms with E-state index < -0.39 is 12.0 Å². The van der Waals surface area contributed by atoms with Gasteiger partial charge < -0.3 is 5.11 Å². The number of hydrogen-bond acceptors (Lipinski definition) is 3. The molecular formula is C12H16BrNO2S. The quantitative estimate of drug-likeness (QED) is 0.928. The molecule has 1 atom stereocenters. The Balaban J connectivity index is 2.24. The molecule has 0 saturated carbocycles. The highest BCUT2D eigenvalue weighted by molar-refractivity contribution is 9.10. The number of piperidine rings is 1. The third-order valence-electron chi connectivity index (χ3n) is 3.14. The van der Waals surface area contributed by atoms with Crippen LogP contribution in [0.2, 0.25) is 0 Å². The molecule has 0 radical (unpaired) electrons. The van der Waals surface area contributed by atoms with Crippen molar-refractivity contribution in [3.63, 3.8) is 0 Å². The van der Waals surface area contributed by atoms with Gasteiger partial charge in [0.05, 0.1) is 0 Å². The topological polar surface area (TPSA) is 40.5 Å². The van der Waals surface area contributed by atoms with Gasteiger partial charge in [-0.2, -0.15) is 0 Å². The molecule has 0 aliphatic carbocycles. The van der Waals surface area contributed by atoms with E-state index in [1.165, 1.54) is 6.42 Å². The van der Waals surface area contributed by atoms with Crippen LogP contribution in [-0.2, 0) is 4.79 Å². The van der Waals surface area contributed by atoms with Crippen LogP contribution in [0.25, 0.3) is 0 Å². The standard InChI is InChI=1S/C12H16BrNO2S/c1-8-9(13)7-10(17-8)11(12(15)16)14-5-3-2-4-6-14/h7,11H,2-6H2,1H3,(H,15,16). The van der Waals surface area contributed by atoms with Crippen molar-refractivity contribution in [3.05, 3.63) is 20.3 Å². The van der Waals surface area contributed by atoms with Gasteiger partial charge in [0.1, 0.15) is 6.04 Å². The summed E-state index contributed by atoms with van der Waals surface area (Å²) in [6.07, 6.45) is 3.43. The lowest BCUT2D eigenvalue weighted by Gasteiger charge is -2.31. The average Bonchev–Trinajstić information content (AvgIpc) is 2.60. The Hall–Kier alpha value is -0.390. The van der Waals surface area contributed by atoms with Crippen LogP contribution in [0.15, 0.2) is 10.5 Å². The van der Waals surface area contributed by atoms with E-state index in [0.717, 1.165) is 40.2 Å². The van der Waals surface area contributed by atoms with E-state index in [1.54, 1.807) is 11.3 Å². The number of likely N-dealkylation sites (tertiary alicyclic amines) is 1. The minimum Gasteiger partial charge on any atom is -0.480 e. The van der Waals surface area contributed by atoms with Crippen LogP contribution in [0.5, 0.6) is 0 Å². The highest BCUT2D eigenvalue weighted by Gasteiger charge is 2.30. The third-order valence-corrected chi connectivity index (χ3v) is 5.32. The van der Waals surface area contributed by atoms with Crippen LogP contribution in [-0.4, -0.2) is 29.1 Å². The number of hydrogen-bond donors (Lipinski definition) is 1. The molecule has 2 rings (SSSR count). The molecule has 1 aromatic heterocycles. The maximum absolute atomic E-state index is 11.5. The molecule has 1 fully saturated rings. The number of carboxylic acid groups (broad SMARTS) is 1. The van der Waals surface area contributed by atoms with Crippen molar-refractivity contribution in [1.29, 1.82) is 0 Å². The zero-order valence-electron chi connectivity index (χ0n) is 9.78. The van der Waals surface area contributed by atoms with Gasteiger partial charge in [0, 0.05) is 14.2 Å². The Morgan fingerprint density at radius 2 is 2.12 bits per heavy atom. The van der Waals surface area contributed by atoms with Crippen molar-refractivity contribution >= 4 is 33.2 Å². The maximum Gasteiger partial charge on any atom is 0.326 e. The second kappa shape index (κ2) is 5.50. The zero-order valence-corrected chi connectivity index (χ0v) is 12.2. The van der Waals surface area contributed by atoms with E-state index in [2.05, 4.69) is 20.8 Å². The molecule has 1 saturated heterocycles. The minimum atomic E-state index is -0.736. The molecule has 5 heteroatoms. The van der Waals surface area contributed by atoms with Crippen molar-refractivity contribution in [3.8, 4) is 0 Å². The number of thiophene rings is 1. The maximum atomic E-state index is 11.5. The van der Waals surface area contributed by atoms with E-state index in [1.807, 2.05) is 13.0 Å². The molecule has 1 aliphatic heterocycles. The summed E-state index contributed by atoms with van der Waals surface area (Å²) in [5.74, 6) is -0.736. The second-order valence-corrected chi connectivity index (χ2v) is 6.53. The molecule has 0 spiro atoms. The Morgan fingerprint density at radius 1 is 1.47 bits per heavy atom. The van der Waals surface area contributed by atoms with E-state index in [0.29, 0.717) is 0 Å². The summed E-state index contributed by atoms with van der Waals surface area (Å²) >= 11 is 5.03. The lowest BCUT2D eigenvalue weighted by Crippen LogP contribution is -2.37. The number of carbonyl (C=O) groups is 1. The van der Waals surface area contributed by atoms with Crippen molar-refractivity contribution in [2.75, 3.05) is 13.1 Å². The van der Waals surface area contributed by atoms with Gasteiger partial charge >= 0.3 is 5.97 Å². The Morgan fingerprint density at radius 3 is 2.59 bits per heavy atom. The molecule has 0 amide bonds. The molecular weight excluding hydrogens is 302 g/mol. The first-order valence-corrected chi connectivity index (χ1v) is 7.43. The van der Waals surface area contributed by atoms with Crippen LogP contribution in [0.3, 0.4) is 0 Å². The highest BCUT2D eigenvalue weighted by Crippen LogP contribution is 2.34. The molecule has 1 unspecified atom stereocenters. The number of halogens is 1. The van der Waals surface area contributed by atoms with Gasteiger partial charge in [-0.25, -0.2) is 0 Å². The van der Waals surface area contributed by atoms with E-state index in [9.17, 15) is 9.90 Å². The number of rotatable bonds is 3. The Labute approximate surface area is 114 Å². The molecule has 0 aromatic carbocycles. The summed E-state index contributed by atoms with van der Waals surface area (Å²) in [4.78, 5) is 15.6. The van der Waals surface area contributed by atoms with Gasteiger partial charge in [-0.1, -0.05) is 6.42 Å². The highest BCUT2D eigenvalue weighted by atomic mass is 79.9. The molecule has 17 heavy (non-hydrogen) atoms. The van der Waals surface area contributed by atoms with Crippen LogP contribution in [0.1, 0.15) is 35.1 Å². The summed E-state index contributed by atoms with van der Waals surface area (Å²) in [5, 5.41) is 9.43. The first kappa shape index (κ1) is 13.1. The van der Waals surface area contributed by atoms with Crippen LogP contribution in [0.4, 0.5) is 0 Å². The van der Waals surface area contributed by atoms with Crippen molar-refractivity contribution in [2.45, 2.75) is 32.2 Å². The lowest BCUT2D eigenvalue weighted by atomic mass is 10.1. The van der Waals surface area contributed by atoms with Gasteiger partial charge in [0.15, 0.2) is 0 Å². The average molecular weight is 318 g/mol. The fourth-order valence-corrected chi connectivity index (χ4v) is 3.94. The monoisotopic (exact) mass is 317 g/mol. The van der Waals surface area contributed by atoms with E-state index in [-0.39, 0.29) is 0 Å². The first-order valence-electron chi connectivity index (χ1n) is 5.82. The number of nitrogens with zero attached hydrogens (tertiary/aromatic N) is 1. The first-order chi connectivity index (χ1) is 8.09. The largest absolute Gasteiger partial charge is 0.480 e. The fourth-order valence-electron chi connectivity index (χ4n) is 2.25. The number of aryl methyl sites for hydroxylation is 1. The molecule has 94 valence electrons. The predicted molar refractivity (Wildman–Crippen MR) is 72.6 cm³/mol.